The quantitative estimate of drug-likeness (QED) is 0.717. The number of hydrogen-bond donors (Lipinski definition) is 3. The molecule has 0 bridgehead atoms. The first kappa shape index (κ1) is 18.7. The highest BCUT2D eigenvalue weighted by Crippen LogP contribution is 2.30. The third-order valence-electron chi connectivity index (χ3n) is 3.43. The number of benzene rings is 2. The number of anilines is 1. The van der Waals surface area contributed by atoms with E-state index in [0.29, 0.717) is 12.2 Å². The van der Waals surface area contributed by atoms with Crippen LogP contribution in [0.2, 0.25) is 0 Å². The third kappa shape index (κ3) is 5.72. The van der Waals surface area contributed by atoms with Gasteiger partial charge in [-0.15, -0.1) is 0 Å². The number of nitrogens with two attached hydrogens (primary N) is 2. The Morgan fingerprint density at radius 1 is 1.24 bits per heavy atom. The fourth-order valence-corrected chi connectivity index (χ4v) is 2.36. The molecule has 5 nitrogen and oxygen atoms in total. The number of rotatable bonds is 7. The lowest BCUT2D eigenvalue weighted by atomic mass is 10.1. The molecule has 5 N–H and O–H groups in total. The van der Waals surface area contributed by atoms with Crippen molar-refractivity contribution >= 4 is 11.7 Å². The van der Waals surface area contributed by atoms with Gasteiger partial charge in [0.2, 0.25) is 0 Å². The van der Waals surface area contributed by atoms with E-state index in [4.69, 9.17) is 16.2 Å². The minimum atomic E-state index is -3.23. The molecule has 0 aromatic heterocycles. The predicted molar refractivity (Wildman–Crippen MR) is 92.8 cm³/mol. The van der Waals surface area contributed by atoms with Gasteiger partial charge in [-0.3, -0.25) is 0 Å². The fraction of sp³-hybridized carbons (Fsp3) is 0.278. The fourth-order valence-electron chi connectivity index (χ4n) is 2.36. The van der Waals surface area contributed by atoms with Gasteiger partial charge in [-0.2, -0.15) is 8.78 Å². The summed E-state index contributed by atoms with van der Waals surface area (Å²) in [6.07, 6.45) is 0.633. The molecule has 25 heavy (non-hydrogen) atoms. The molecule has 0 saturated heterocycles. The number of carbonyl (C=O) groups excluding carboxylic acids is 1. The number of urea groups is 1. The molecule has 0 aliphatic heterocycles. The van der Waals surface area contributed by atoms with E-state index in [0.717, 1.165) is 5.56 Å². The first-order chi connectivity index (χ1) is 11.8. The van der Waals surface area contributed by atoms with Crippen molar-refractivity contribution in [1.82, 2.24) is 0 Å². The van der Waals surface area contributed by atoms with Gasteiger partial charge in [0, 0.05) is 17.3 Å². The van der Waals surface area contributed by atoms with E-state index in [1.165, 1.54) is 24.3 Å². The summed E-state index contributed by atoms with van der Waals surface area (Å²) in [5.74, 6) is -2.88. The van der Waals surface area contributed by atoms with Gasteiger partial charge < -0.3 is 21.5 Å². The summed E-state index contributed by atoms with van der Waals surface area (Å²) in [4.78, 5) is 10.8. The summed E-state index contributed by atoms with van der Waals surface area (Å²) in [5.41, 5.74) is 11.6. The van der Waals surface area contributed by atoms with Crippen molar-refractivity contribution in [2.24, 2.45) is 11.5 Å². The van der Waals surface area contributed by atoms with Gasteiger partial charge in [0.1, 0.15) is 5.75 Å². The van der Waals surface area contributed by atoms with Crippen molar-refractivity contribution in [2.75, 3.05) is 11.9 Å². The van der Waals surface area contributed by atoms with Gasteiger partial charge in [-0.05, 0) is 43.2 Å². The number of nitrogens with one attached hydrogen (secondary N) is 1. The summed E-state index contributed by atoms with van der Waals surface area (Å²) in [6.45, 7) is 1.05. The molecular formula is C18H21F2N3O2. The van der Waals surface area contributed by atoms with Crippen LogP contribution in [-0.4, -0.2) is 18.7 Å². The number of amides is 2. The minimum Gasteiger partial charge on any atom is -0.487 e. The first-order valence-electron chi connectivity index (χ1n) is 7.78. The molecule has 2 rings (SSSR count). The van der Waals surface area contributed by atoms with Crippen molar-refractivity contribution in [2.45, 2.75) is 25.3 Å². The van der Waals surface area contributed by atoms with Gasteiger partial charge in [0.25, 0.3) is 0 Å². The van der Waals surface area contributed by atoms with Crippen LogP contribution in [-0.2, 0) is 12.3 Å². The Bertz CT molecular complexity index is 736. The van der Waals surface area contributed by atoms with Crippen LogP contribution in [0.3, 0.4) is 0 Å². The molecule has 134 valence electrons. The number of ether oxygens (including phenoxy) is 1. The lowest BCUT2D eigenvalue weighted by Gasteiger charge is -2.19. The molecule has 1 atom stereocenters. The lowest BCUT2D eigenvalue weighted by Crippen LogP contribution is -2.24. The van der Waals surface area contributed by atoms with Crippen molar-refractivity contribution in [3.63, 3.8) is 0 Å². The molecule has 0 spiro atoms. The van der Waals surface area contributed by atoms with E-state index in [1.807, 2.05) is 13.0 Å². The van der Waals surface area contributed by atoms with Crippen LogP contribution in [0, 0.1) is 0 Å². The van der Waals surface area contributed by atoms with Crippen molar-refractivity contribution in [3.8, 4) is 5.75 Å². The highest BCUT2D eigenvalue weighted by atomic mass is 19.3. The molecule has 0 heterocycles. The number of hydrogen-bond acceptors (Lipinski definition) is 3. The van der Waals surface area contributed by atoms with Crippen LogP contribution < -0.4 is 21.5 Å². The van der Waals surface area contributed by atoms with Crippen molar-refractivity contribution in [3.05, 3.63) is 59.7 Å². The van der Waals surface area contributed by atoms with Gasteiger partial charge in [0.05, 0.1) is 0 Å². The summed E-state index contributed by atoms with van der Waals surface area (Å²) in [7, 11) is 0. The van der Waals surface area contributed by atoms with Gasteiger partial charge in [-0.1, -0.05) is 24.3 Å². The predicted octanol–water partition coefficient (Wildman–Crippen LogP) is 3.24. The molecular weight excluding hydrogens is 328 g/mol. The number of primary amides is 1. The number of halogens is 2. The van der Waals surface area contributed by atoms with Crippen LogP contribution in [0.1, 0.15) is 18.1 Å². The average molecular weight is 349 g/mol. The molecule has 0 fully saturated rings. The third-order valence-corrected chi connectivity index (χ3v) is 3.43. The SMILES string of the molecule is CC(N)Cc1cccc(OCC(F)(F)c2cccc(NC(N)=O)c2)c1. The summed E-state index contributed by atoms with van der Waals surface area (Å²) in [5, 5.41) is 2.27. The van der Waals surface area contributed by atoms with Crippen LogP contribution in [0.15, 0.2) is 48.5 Å². The number of carbonyl (C=O) groups is 1. The summed E-state index contributed by atoms with van der Waals surface area (Å²) in [6, 6.07) is 11.4. The Balaban J connectivity index is 2.07. The van der Waals surface area contributed by atoms with Crippen LogP contribution in [0.4, 0.5) is 19.3 Å². The maximum Gasteiger partial charge on any atom is 0.316 e. The normalized spacial score (nSPS) is 12.5. The highest BCUT2D eigenvalue weighted by Gasteiger charge is 2.33. The zero-order valence-corrected chi connectivity index (χ0v) is 13.8. The van der Waals surface area contributed by atoms with E-state index < -0.39 is 18.6 Å². The highest BCUT2D eigenvalue weighted by molar-refractivity contribution is 5.87. The Labute approximate surface area is 145 Å². The Kier molecular flexibility index (Phi) is 5.93. The van der Waals surface area contributed by atoms with Gasteiger partial charge in [0.15, 0.2) is 6.61 Å². The smallest absolute Gasteiger partial charge is 0.316 e. The Morgan fingerprint density at radius 2 is 1.96 bits per heavy atom. The lowest BCUT2D eigenvalue weighted by molar-refractivity contribution is -0.0467. The summed E-state index contributed by atoms with van der Waals surface area (Å²) < 4.78 is 34.0. The molecule has 2 aromatic rings. The van der Waals surface area contributed by atoms with E-state index in [-0.39, 0.29) is 17.3 Å². The molecule has 0 saturated carbocycles. The average Bonchev–Trinajstić information content (AvgIpc) is 2.52. The number of alkyl halides is 2. The minimum absolute atomic E-state index is 0.0304. The van der Waals surface area contributed by atoms with E-state index in [1.54, 1.807) is 18.2 Å². The zero-order chi connectivity index (χ0) is 18.4. The molecule has 1 unspecified atom stereocenters. The first-order valence-corrected chi connectivity index (χ1v) is 7.78. The molecule has 0 aliphatic rings. The molecule has 7 heteroatoms. The molecule has 0 aliphatic carbocycles. The van der Waals surface area contributed by atoms with E-state index in [2.05, 4.69) is 5.32 Å². The Morgan fingerprint density at radius 3 is 2.64 bits per heavy atom. The van der Waals surface area contributed by atoms with Gasteiger partial charge >= 0.3 is 12.0 Å². The maximum atomic E-state index is 14.4. The standard InChI is InChI=1S/C18H21F2N3O2/c1-12(21)8-13-4-2-7-16(9-13)25-11-18(19,20)14-5-3-6-15(10-14)23-17(22)24/h2-7,9-10,12H,8,11,21H2,1H3,(H3,22,23,24). The van der Waals surface area contributed by atoms with Crippen molar-refractivity contribution in [1.29, 1.82) is 0 Å². The van der Waals surface area contributed by atoms with Crippen LogP contribution in [0.5, 0.6) is 5.75 Å². The molecule has 0 radical (unpaired) electrons. The molecule has 2 amide bonds. The van der Waals surface area contributed by atoms with E-state index >= 15 is 0 Å². The summed E-state index contributed by atoms with van der Waals surface area (Å²) >= 11 is 0. The topological polar surface area (TPSA) is 90.4 Å². The zero-order valence-electron chi connectivity index (χ0n) is 13.8. The molecule has 2 aromatic carbocycles. The largest absolute Gasteiger partial charge is 0.487 e. The Hall–Kier alpha value is -2.67. The van der Waals surface area contributed by atoms with Crippen molar-refractivity contribution < 1.29 is 18.3 Å². The second-order valence-electron chi connectivity index (χ2n) is 5.89. The monoisotopic (exact) mass is 349 g/mol. The van der Waals surface area contributed by atoms with Crippen LogP contribution in [0.25, 0.3) is 0 Å². The second kappa shape index (κ2) is 7.94. The maximum absolute atomic E-state index is 14.4. The van der Waals surface area contributed by atoms with E-state index in [9.17, 15) is 13.6 Å². The second-order valence-corrected chi connectivity index (χ2v) is 5.89. The van der Waals surface area contributed by atoms with Gasteiger partial charge in [-0.25, -0.2) is 4.79 Å². The van der Waals surface area contributed by atoms with Crippen LogP contribution >= 0.6 is 0 Å².